The van der Waals surface area contributed by atoms with Crippen LogP contribution in [-0.2, 0) is 10.2 Å². The van der Waals surface area contributed by atoms with Crippen molar-refractivity contribution in [1.29, 1.82) is 0 Å². The summed E-state index contributed by atoms with van der Waals surface area (Å²) in [5.41, 5.74) is 12.9. The lowest BCUT2D eigenvalue weighted by atomic mass is 9.85. The zero-order valence-electron chi connectivity index (χ0n) is 11.5. The first-order chi connectivity index (χ1) is 8.21. The predicted octanol–water partition coefficient (Wildman–Crippen LogP) is 1.48. The van der Waals surface area contributed by atoms with E-state index in [0.29, 0.717) is 0 Å². The lowest BCUT2D eigenvalue weighted by Gasteiger charge is -2.24. The van der Waals surface area contributed by atoms with Gasteiger partial charge in [-0.25, -0.2) is 0 Å². The fourth-order valence-electron chi connectivity index (χ4n) is 1.62. The molecule has 100 valence electrons. The minimum Gasteiger partial charge on any atom is -0.491 e. The number of primary amides is 1. The average molecular weight is 250 g/mol. The van der Waals surface area contributed by atoms with Crippen LogP contribution in [0.2, 0.25) is 0 Å². The van der Waals surface area contributed by atoms with Crippen molar-refractivity contribution in [1.82, 2.24) is 0 Å². The second-order valence-electron chi connectivity index (χ2n) is 5.57. The lowest BCUT2D eigenvalue weighted by Crippen LogP contribution is -2.41. The molecule has 0 aliphatic carbocycles. The summed E-state index contributed by atoms with van der Waals surface area (Å²) in [4.78, 5) is 10.9. The molecule has 0 heterocycles. The van der Waals surface area contributed by atoms with E-state index < -0.39 is 11.9 Å². The van der Waals surface area contributed by atoms with E-state index in [9.17, 15) is 4.79 Å². The molecule has 0 aliphatic heterocycles. The maximum Gasteiger partial charge on any atom is 0.237 e. The Morgan fingerprint density at radius 2 is 2.00 bits per heavy atom. The number of nitrogens with two attached hydrogens (primary N) is 2. The van der Waals surface area contributed by atoms with Crippen LogP contribution in [0.25, 0.3) is 0 Å². The molecule has 0 bridgehead atoms. The molecule has 0 spiro atoms. The molecule has 0 saturated carbocycles. The van der Waals surface area contributed by atoms with E-state index >= 15 is 0 Å². The molecule has 0 saturated heterocycles. The molecule has 1 atom stereocenters. The average Bonchev–Trinajstić information content (AvgIpc) is 2.25. The Labute approximate surface area is 108 Å². The molecule has 1 unspecified atom stereocenters. The summed E-state index contributed by atoms with van der Waals surface area (Å²) < 4.78 is 5.62. The third-order valence-corrected chi connectivity index (χ3v) is 2.73. The molecular weight excluding hydrogens is 228 g/mol. The summed E-state index contributed by atoms with van der Waals surface area (Å²) in [6.45, 7) is 8.48. The van der Waals surface area contributed by atoms with Gasteiger partial charge in [0.2, 0.25) is 5.91 Å². The fourth-order valence-corrected chi connectivity index (χ4v) is 1.62. The van der Waals surface area contributed by atoms with E-state index in [0.717, 1.165) is 11.3 Å². The summed E-state index contributed by atoms with van der Waals surface area (Å²) >= 11 is 0. The van der Waals surface area contributed by atoms with E-state index in [1.165, 1.54) is 5.56 Å². The third kappa shape index (κ3) is 3.74. The van der Waals surface area contributed by atoms with Crippen LogP contribution in [0, 0.1) is 6.92 Å². The van der Waals surface area contributed by atoms with E-state index in [1.54, 1.807) is 0 Å². The van der Waals surface area contributed by atoms with Gasteiger partial charge in [0.05, 0.1) is 0 Å². The number of amides is 1. The van der Waals surface area contributed by atoms with Gasteiger partial charge in [0.15, 0.2) is 0 Å². The summed E-state index contributed by atoms with van der Waals surface area (Å²) in [5.74, 6) is 0.198. The number of carbonyl (C=O) groups is 1. The highest BCUT2D eigenvalue weighted by Crippen LogP contribution is 2.32. The topological polar surface area (TPSA) is 78.3 Å². The minimum absolute atomic E-state index is 0.0296. The molecule has 0 aliphatic rings. The van der Waals surface area contributed by atoms with Crippen molar-refractivity contribution >= 4 is 5.91 Å². The summed E-state index contributed by atoms with van der Waals surface area (Å²) in [7, 11) is 0. The van der Waals surface area contributed by atoms with E-state index in [2.05, 4.69) is 26.8 Å². The maximum absolute atomic E-state index is 10.9. The Bertz CT molecular complexity index is 436. The molecule has 4 nitrogen and oxygen atoms in total. The number of rotatable bonds is 4. The highest BCUT2D eigenvalue weighted by Gasteiger charge is 2.20. The second kappa shape index (κ2) is 5.40. The Kier molecular flexibility index (Phi) is 4.35. The summed E-state index contributed by atoms with van der Waals surface area (Å²) in [5, 5.41) is 0. The standard InChI is InChI=1S/C14H22N2O2/c1-9-5-6-12(10(7-9)14(2,3)4)18-8-11(15)13(16)17/h5-7,11H,8,15H2,1-4H3,(H2,16,17). The molecule has 0 aromatic heterocycles. The van der Waals surface area contributed by atoms with Crippen LogP contribution in [0.15, 0.2) is 18.2 Å². The molecule has 4 N–H and O–H groups in total. The number of benzene rings is 1. The first kappa shape index (κ1) is 14.5. The van der Waals surface area contributed by atoms with Crippen LogP contribution in [0.3, 0.4) is 0 Å². The minimum atomic E-state index is -0.779. The van der Waals surface area contributed by atoms with Crippen molar-refractivity contribution in [2.24, 2.45) is 11.5 Å². The number of hydrogen-bond acceptors (Lipinski definition) is 3. The van der Waals surface area contributed by atoms with E-state index in [1.807, 2.05) is 19.1 Å². The quantitative estimate of drug-likeness (QED) is 0.849. The molecular formula is C14H22N2O2. The molecule has 4 heteroatoms. The number of aryl methyl sites for hydroxylation is 1. The highest BCUT2D eigenvalue weighted by atomic mass is 16.5. The van der Waals surface area contributed by atoms with Gasteiger partial charge in [-0.1, -0.05) is 38.5 Å². The van der Waals surface area contributed by atoms with E-state index in [4.69, 9.17) is 16.2 Å². The van der Waals surface area contributed by atoms with Gasteiger partial charge in [-0.2, -0.15) is 0 Å². The number of carbonyl (C=O) groups excluding carboxylic acids is 1. The molecule has 0 fully saturated rings. The molecule has 1 rings (SSSR count). The van der Waals surface area contributed by atoms with Crippen LogP contribution < -0.4 is 16.2 Å². The monoisotopic (exact) mass is 250 g/mol. The van der Waals surface area contributed by atoms with Gasteiger partial charge < -0.3 is 16.2 Å². The SMILES string of the molecule is Cc1ccc(OCC(N)C(N)=O)c(C(C)(C)C)c1. The normalized spacial score (nSPS) is 13.2. The molecule has 1 aromatic carbocycles. The Morgan fingerprint density at radius 1 is 1.39 bits per heavy atom. The van der Waals surface area contributed by atoms with Crippen molar-refractivity contribution < 1.29 is 9.53 Å². The van der Waals surface area contributed by atoms with Gasteiger partial charge >= 0.3 is 0 Å². The molecule has 1 aromatic rings. The van der Waals surface area contributed by atoms with Gasteiger partial charge in [-0.3, -0.25) is 4.79 Å². The number of ether oxygens (including phenoxy) is 1. The zero-order valence-corrected chi connectivity index (χ0v) is 11.5. The van der Waals surface area contributed by atoms with E-state index in [-0.39, 0.29) is 12.0 Å². The Morgan fingerprint density at radius 3 is 2.50 bits per heavy atom. The zero-order chi connectivity index (χ0) is 13.9. The first-order valence-corrected chi connectivity index (χ1v) is 6.00. The molecule has 18 heavy (non-hydrogen) atoms. The Hall–Kier alpha value is -1.55. The van der Waals surface area contributed by atoms with Crippen LogP contribution >= 0.6 is 0 Å². The largest absolute Gasteiger partial charge is 0.491 e. The smallest absolute Gasteiger partial charge is 0.237 e. The van der Waals surface area contributed by atoms with Gasteiger partial charge in [0, 0.05) is 0 Å². The van der Waals surface area contributed by atoms with Crippen molar-refractivity contribution in [3.05, 3.63) is 29.3 Å². The molecule has 0 radical (unpaired) electrons. The summed E-state index contributed by atoms with van der Waals surface area (Å²) in [6.07, 6.45) is 0. The van der Waals surface area contributed by atoms with Gasteiger partial charge in [0.25, 0.3) is 0 Å². The summed E-state index contributed by atoms with van der Waals surface area (Å²) in [6, 6.07) is 5.19. The van der Waals surface area contributed by atoms with Gasteiger partial charge in [0.1, 0.15) is 18.4 Å². The van der Waals surface area contributed by atoms with Crippen LogP contribution in [0.4, 0.5) is 0 Å². The lowest BCUT2D eigenvalue weighted by molar-refractivity contribution is -0.119. The van der Waals surface area contributed by atoms with Crippen LogP contribution in [0.5, 0.6) is 5.75 Å². The van der Waals surface area contributed by atoms with Crippen molar-refractivity contribution in [2.75, 3.05) is 6.61 Å². The van der Waals surface area contributed by atoms with Gasteiger partial charge in [-0.15, -0.1) is 0 Å². The molecule has 1 amide bonds. The van der Waals surface area contributed by atoms with Crippen LogP contribution in [0.1, 0.15) is 31.9 Å². The van der Waals surface area contributed by atoms with Crippen molar-refractivity contribution in [3.63, 3.8) is 0 Å². The number of hydrogen-bond donors (Lipinski definition) is 2. The van der Waals surface area contributed by atoms with Crippen LogP contribution in [-0.4, -0.2) is 18.6 Å². The van der Waals surface area contributed by atoms with Gasteiger partial charge in [-0.05, 0) is 24.0 Å². The van der Waals surface area contributed by atoms with Crippen molar-refractivity contribution in [3.8, 4) is 5.75 Å². The highest BCUT2D eigenvalue weighted by molar-refractivity contribution is 5.79. The maximum atomic E-state index is 10.9. The van der Waals surface area contributed by atoms with Crippen molar-refractivity contribution in [2.45, 2.75) is 39.2 Å². The fraction of sp³-hybridized carbons (Fsp3) is 0.500. The predicted molar refractivity (Wildman–Crippen MR) is 72.5 cm³/mol. The first-order valence-electron chi connectivity index (χ1n) is 6.00. The third-order valence-electron chi connectivity index (χ3n) is 2.73. The second-order valence-corrected chi connectivity index (χ2v) is 5.57. The Balaban J connectivity index is 2.92.